The first-order chi connectivity index (χ1) is 10.7. The highest BCUT2D eigenvalue weighted by molar-refractivity contribution is 5.45. The minimum atomic E-state index is -0.508. The lowest BCUT2D eigenvalue weighted by molar-refractivity contribution is -0.496. The van der Waals surface area contributed by atoms with Crippen LogP contribution < -0.4 is 9.47 Å². The van der Waals surface area contributed by atoms with E-state index in [1.165, 1.54) is 0 Å². The van der Waals surface area contributed by atoms with Crippen molar-refractivity contribution in [3.8, 4) is 11.5 Å². The highest BCUT2D eigenvalue weighted by Gasteiger charge is 2.50. The van der Waals surface area contributed by atoms with Crippen LogP contribution in [0.5, 0.6) is 11.5 Å². The molecule has 114 valence electrons. The number of rotatable bonds is 6. The molecule has 2 aromatic rings. The molecule has 0 saturated heterocycles. The Morgan fingerprint density at radius 2 is 2.00 bits per heavy atom. The van der Waals surface area contributed by atoms with Crippen LogP contribution in [0.4, 0.5) is 0 Å². The molecule has 0 aliphatic heterocycles. The SMILES string of the molecule is COc1ccc(OCc2ccccc2)c([C@@H]2C[C@H]2[N+](=O)[O-])c1. The second-order valence-electron chi connectivity index (χ2n) is 5.37. The summed E-state index contributed by atoms with van der Waals surface area (Å²) < 4.78 is 11.1. The van der Waals surface area contributed by atoms with Crippen LogP contribution in [0.1, 0.15) is 23.5 Å². The molecule has 1 fully saturated rings. The number of hydrogen-bond donors (Lipinski definition) is 0. The molecule has 0 unspecified atom stereocenters. The van der Waals surface area contributed by atoms with Crippen molar-refractivity contribution in [2.75, 3.05) is 7.11 Å². The Labute approximate surface area is 128 Å². The Morgan fingerprint density at radius 1 is 1.23 bits per heavy atom. The second-order valence-corrected chi connectivity index (χ2v) is 5.37. The van der Waals surface area contributed by atoms with E-state index in [0.717, 1.165) is 11.1 Å². The maximum absolute atomic E-state index is 10.9. The van der Waals surface area contributed by atoms with Crippen LogP contribution in [0.25, 0.3) is 0 Å². The quantitative estimate of drug-likeness (QED) is 0.606. The van der Waals surface area contributed by atoms with Gasteiger partial charge in [0.05, 0.1) is 13.0 Å². The van der Waals surface area contributed by atoms with Crippen LogP contribution >= 0.6 is 0 Å². The molecule has 0 spiro atoms. The lowest BCUT2D eigenvalue weighted by Crippen LogP contribution is -2.05. The summed E-state index contributed by atoms with van der Waals surface area (Å²) in [6.07, 6.45) is 0.557. The van der Waals surface area contributed by atoms with E-state index in [1.807, 2.05) is 48.5 Å². The summed E-state index contributed by atoms with van der Waals surface area (Å²) in [6.45, 7) is 0.440. The Bertz CT molecular complexity index is 672. The van der Waals surface area contributed by atoms with Crippen molar-refractivity contribution < 1.29 is 14.4 Å². The lowest BCUT2D eigenvalue weighted by atomic mass is 10.1. The molecule has 1 saturated carbocycles. The molecule has 2 atom stereocenters. The van der Waals surface area contributed by atoms with Gasteiger partial charge in [-0.3, -0.25) is 10.1 Å². The standard InChI is InChI=1S/C17H17NO4/c1-21-13-7-8-17(22-11-12-5-3-2-4-6-12)15(9-13)14-10-16(14)18(19)20/h2-9,14,16H,10-11H2,1H3/t14-,16+/m0/s1. The van der Waals surface area contributed by atoms with Gasteiger partial charge in [-0.15, -0.1) is 0 Å². The third kappa shape index (κ3) is 3.03. The minimum absolute atomic E-state index is 0.0872. The highest BCUT2D eigenvalue weighted by Crippen LogP contribution is 2.47. The van der Waals surface area contributed by atoms with E-state index in [0.29, 0.717) is 24.5 Å². The van der Waals surface area contributed by atoms with Gasteiger partial charge in [0.2, 0.25) is 6.04 Å². The fraction of sp³-hybridized carbons (Fsp3) is 0.294. The first-order valence-electron chi connectivity index (χ1n) is 7.17. The van der Waals surface area contributed by atoms with Crippen LogP contribution in [0.2, 0.25) is 0 Å². The molecule has 5 nitrogen and oxygen atoms in total. The van der Waals surface area contributed by atoms with E-state index in [1.54, 1.807) is 7.11 Å². The largest absolute Gasteiger partial charge is 0.497 e. The van der Waals surface area contributed by atoms with Crippen molar-refractivity contribution in [2.24, 2.45) is 0 Å². The molecule has 0 aromatic heterocycles. The van der Waals surface area contributed by atoms with E-state index >= 15 is 0 Å². The molecule has 5 heteroatoms. The van der Waals surface area contributed by atoms with E-state index in [9.17, 15) is 10.1 Å². The van der Waals surface area contributed by atoms with Crippen molar-refractivity contribution in [1.29, 1.82) is 0 Å². The van der Waals surface area contributed by atoms with Gasteiger partial charge in [0.15, 0.2) is 0 Å². The summed E-state index contributed by atoms with van der Waals surface area (Å²) in [6, 6.07) is 14.8. The smallest absolute Gasteiger partial charge is 0.221 e. The summed E-state index contributed by atoms with van der Waals surface area (Å²) in [7, 11) is 1.58. The zero-order chi connectivity index (χ0) is 15.5. The maximum atomic E-state index is 10.9. The van der Waals surface area contributed by atoms with Crippen molar-refractivity contribution in [3.05, 3.63) is 69.8 Å². The van der Waals surface area contributed by atoms with Crippen LogP contribution in [0.3, 0.4) is 0 Å². The topological polar surface area (TPSA) is 61.6 Å². The van der Waals surface area contributed by atoms with Crippen molar-refractivity contribution in [3.63, 3.8) is 0 Å². The monoisotopic (exact) mass is 299 g/mol. The summed E-state index contributed by atoms with van der Waals surface area (Å²) in [5.41, 5.74) is 1.92. The van der Waals surface area contributed by atoms with Gasteiger partial charge in [-0.1, -0.05) is 30.3 Å². The number of nitro groups is 1. The Kier molecular flexibility index (Phi) is 3.96. The van der Waals surface area contributed by atoms with Gasteiger partial charge in [-0.05, 0) is 23.8 Å². The molecule has 0 heterocycles. The first-order valence-corrected chi connectivity index (χ1v) is 7.17. The summed E-state index contributed by atoms with van der Waals surface area (Å²) in [5.74, 6) is 1.30. The summed E-state index contributed by atoms with van der Waals surface area (Å²) in [5, 5.41) is 10.9. The maximum Gasteiger partial charge on any atom is 0.221 e. The molecule has 0 radical (unpaired) electrons. The van der Waals surface area contributed by atoms with Gasteiger partial charge in [0.1, 0.15) is 18.1 Å². The van der Waals surface area contributed by atoms with E-state index in [2.05, 4.69) is 0 Å². The van der Waals surface area contributed by atoms with Gasteiger partial charge >= 0.3 is 0 Å². The molecule has 1 aliphatic carbocycles. The average Bonchev–Trinajstić information content (AvgIpc) is 3.34. The second kappa shape index (κ2) is 6.05. The van der Waals surface area contributed by atoms with Gasteiger partial charge < -0.3 is 9.47 Å². The molecule has 1 aliphatic rings. The average molecular weight is 299 g/mol. The fourth-order valence-corrected chi connectivity index (χ4v) is 2.56. The van der Waals surface area contributed by atoms with Crippen molar-refractivity contribution in [2.45, 2.75) is 25.0 Å². The van der Waals surface area contributed by atoms with Crippen LogP contribution in [-0.2, 0) is 6.61 Å². The van der Waals surface area contributed by atoms with Crippen LogP contribution in [-0.4, -0.2) is 18.1 Å². The number of methoxy groups -OCH3 is 1. The van der Waals surface area contributed by atoms with Crippen LogP contribution in [0.15, 0.2) is 48.5 Å². The van der Waals surface area contributed by atoms with Crippen molar-refractivity contribution >= 4 is 0 Å². The third-order valence-corrected chi connectivity index (χ3v) is 3.88. The van der Waals surface area contributed by atoms with E-state index in [-0.39, 0.29) is 10.8 Å². The van der Waals surface area contributed by atoms with Gasteiger partial charge in [0.25, 0.3) is 0 Å². The Balaban J connectivity index is 1.79. The normalized spacial score (nSPS) is 19.5. The first kappa shape index (κ1) is 14.4. The molecule has 0 N–H and O–H groups in total. The van der Waals surface area contributed by atoms with Crippen LogP contribution in [0, 0.1) is 10.1 Å². The predicted octanol–water partition coefficient (Wildman–Crippen LogP) is 3.41. The molecule has 22 heavy (non-hydrogen) atoms. The number of nitrogens with zero attached hydrogens (tertiary/aromatic N) is 1. The lowest BCUT2D eigenvalue weighted by Gasteiger charge is -2.12. The molecular weight excluding hydrogens is 282 g/mol. The zero-order valence-electron chi connectivity index (χ0n) is 12.3. The Morgan fingerprint density at radius 3 is 2.64 bits per heavy atom. The zero-order valence-corrected chi connectivity index (χ0v) is 12.3. The summed E-state index contributed by atoms with van der Waals surface area (Å²) >= 11 is 0. The molecular formula is C17H17NO4. The van der Waals surface area contributed by atoms with Gasteiger partial charge in [0, 0.05) is 16.9 Å². The molecule has 3 rings (SSSR count). The molecule has 0 amide bonds. The predicted molar refractivity (Wildman–Crippen MR) is 81.9 cm³/mol. The molecule has 0 bridgehead atoms. The van der Waals surface area contributed by atoms with Gasteiger partial charge in [-0.2, -0.15) is 0 Å². The Hall–Kier alpha value is -2.56. The minimum Gasteiger partial charge on any atom is -0.497 e. The molecule has 2 aromatic carbocycles. The fourth-order valence-electron chi connectivity index (χ4n) is 2.56. The van der Waals surface area contributed by atoms with Gasteiger partial charge in [-0.25, -0.2) is 0 Å². The van der Waals surface area contributed by atoms with E-state index < -0.39 is 6.04 Å². The number of ether oxygens (including phenoxy) is 2. The highest BCUT2D eigenvalue weighted by atomic mass is 16.6. The third-order valence-electron chi connectivity index (χ3n) is 3.88. The summed E-state index contributed by atoms with van der Waals surface area (Å²) in [4.78, 5) is 10.7. The number of hydrogen-bond acceptors (Lipinski definition) is 4. The number of benzene rings is 2. The van der Waals surface area contributed by atoms with Crippen molar-refractivity contribution in [1.82, 2.24) is 0 Å². The van der Waals surface area contributed by atoms with E-state index in [4.69, 9.17) is 9.47 Å².